The fourth-order valence-electron chi connectivity index (χ4n) is 9.03. The number of nitrogens with zero attached hydrogens (tertiary/aromatic N) is 4. The molecular weight excluding hydrogens is 775 g/mol. The number of carbonyl (C=O) groups is 1. The quantitative estimate of drug-likeness (QED) is 0.0718. The number of aliphatic hydroxyl groups excluding tert-OH is 1. The largest absolute Gasteiger partial charge is 0.497 e. The molecule has 2 N–H and O–H groups in total. The van der Waals surface area contributed by atoms with Crippen molar-refractivity contribution in [2.75, 3.05) is 26.1 Å². The second kappa shape index (κ2) is 18.0. The molecular formula is C47H55N5O7Si. The number of aliphatic hydroxyl groups is 1. The van der Waals surface area contributed by atoms with E-state index in [0.717, 1.165) is 16.7 Å². The zero-order valence-corrected chi connectivity index (χ0v) is 36.5. The number of ether oxygens (including phenoxy) is 4. The van der Waals surface area contributed by atoms with Crippen LogP contribution in [0.4, 0.5) is 5.82 Å². The van der Waals surface area contributed by atoms with Crippen molar-refractivity contribution in [1.29, 1.82) is 0 Å². The number of aromatic nitrogens is 4. The first-order chi connectivity index (χ1) is 28.9. The molecule has 0 bridgehead atoms. The molecule has 1 aliphatic rings. The molecule has 2 aromatic heterocycles. The van der Waals surface area contributed by atoms with Crippen molar-refractivity contribution in [3.05, 3.63) is 144 Å². The number of benzene rings is 4. The van der Waals surface area contributed by atoms with Gasteiger partial charge in [-0.2, -0.15) is 0 Å². The third-order valence-electron chi connectivity index (χ3n) is 11.9. The molecule has 0 spiro atoms. The molecule has 7 rings (SSSR count). The number of carbonyl (C=O) groups excluding carboxylic acids is 1. The summed E-state index contributed by atoms with van der Waals surface area (Å²) >= 11 is 0. The highest BCUT2D eigenvalue weighted by Gasteiger charge is 2.54. The average molecular weight is 830 g/mol. The summed E-state index contributed by atoms with van der Waals surface area (Å²) in [5, 5.41) is 15.5. The monoisotopic (exact) mass is 829 g/mol. The average Bonchev–Trinajstić information content (AvgIpc) is 3.84. The van der Waals surface area contributed by atoms with Gasteiger partial charge in [0.25, 0.3) is 5.91 Å². The van der Waals surface area contributed by atoms with Crippen molar-refractivity contribution in [3.63, 3.8) is 0 Å². The van der Waals surface area contributed by atoms with E-state index in [1.165, 1.54) is 6.33 Å². The van der Waals surface area contributed by atoms with Gasteiger partial charge in [0.2, 0.25) is 8.32 Å². The van der Waals surface area contributed by atoms with E-state index in [2.05, 4.69) is 56.8 Å². The Morgan fingerprint density at radius 2 is 1.30 bits per heavy atom. The first kappa shape index (κ1) is 42.7. The van der Waals surface area contributed by atoms with Crippen molar-refractivity contribution in [1.82, 2.24) is 19.5 Å². The first-order valence-electron chi connectivity index (χ1n) is 20.5. The Hall–Kier alpha value is -5.44. The fourth-order valence-corrected chi connectivity index (χ4v) is 14.6. The van der Waals surface area contributed by atoms with Crippen LogP contribution in [-0.4, -0.2) is 78.0 Å². The van der Waals surface area contributed by atoms with Gasteiger partial charge in [-0.3, -0.25) is 9.36 Å². The fraction of sp³-hybridized carbons (Fsp3) is 0.362. The number of anilines is 1. The summed E-state index contributed by atoms with van der Waals surface area (Å²) < 4.78 is 34.5. The van der Waals surface area contributed by atoms with Crippen LogP contribution >= 0.6 is 0 Å². The topological polar surface area (TPSA) is 139 Å². The second-order valence-corrected chi connectivity index (χ2v) is 21.5. The van der Waals surface area contributed by atoms with Gasteiger partial charge in [-0.1, -0.05) is 114 Å². The third kappa shape index (κ3) is 7.95. The molecule has 0 aliphatic carbocycles. The summed E-state index contributed by atoms with van der Waals surface area (Å²) in [4.78, 5) is 26.9. The number of rotatable bonds is 16. The van der Waals surface area contributed by atoms with Gasteiger partial charge >= 0.3 is 0 Å². The van der Waals surface area contributed by atoms with Crippen LogP contribution in [0.1, 0.15) is 74.8 Å². The number of hydrogen-bond acceptors (Lipinski definition) is 10. The maximum absolute atomic E-state index is 13.2. The van der Waals surface area contributed by atoms with Crippen molar-refractivity contribution >= 4 is 31.2 Å². The highest BCUT2D eigenvalue weighted by Crippen LogP contribution is 2.48. The summed E-state index contributed by atoms with van der Waals surface area (Å²) in [6, 6.07) is 34.6. The zero-order chi connectivity index (χ0) is 42.6. The number of nitrogens with one attached hydrogen (secondary N) is 1. The normalized spacial score (nSPS) is 18.4. The van der Waals surface area contributed by atoms with Crippen molar-refractivity contribution < 1.29 is 33.3 Å². The molecule has 0 radical (unpaired) electrons. The number of imidazole rings is 1. The van der Waals surface area contributed by atoms with Crippen LogP contribution in [-0.2, 0) is 19.5 Å². The van der Waals surface area contributed by atoms with Crippen LogP contribution in [0, 0.1) is 0 Å². The van der Waals surface area contributed by atoms with E-state index >= 15 is 0 Å². The Bertz CT molecular complexity index is 2270. The summed E-state index contributed by atoms with van der Waals surface area (Å²) in [5.41, 5.74) is 3.37. The predicted molar refractivity (Wildman–Crippen MR) is 234 cm³/mol. The molecule has 6 aromatic rings. The lowest BCUT2D eigenvalue weighted by atomic mass is 9.80. The lowest BCUT2D eigenvalue weighted by molar-refractivity contribution is -0.0940. The number of hydrogen-bond donors (Lipinski definition) is 2. The van der Waals surface area contributed by atoms with E-state index in [9.17, 15) is 9.90 Å². The van der Waals surface area contributed by atoms with Crippen LogP contribution in [0.3, 0.4) is 0 Å². The maximum atomic E-state index is 13.2. The molecule has 1 aliphatic heterocycles. The van der Waals surface area contributed by atoms with Gasteiger partial charge in [0.05, 0.1) is 27.2 Å². The minimum absolute atomic E-state index is 0.0237. The predicted octanol–water partition coefficient (Wildman–Crippen LogP) is 8.92. The van der Waals surface area contributed by atoms with Crippen LogP contribution in [0.2, 0.25) is 16.6 Å². The van der Waals surface area contributed by atoms with Crippen LogP contribution in [0.5, 0.6) is 11.5 Å². The van der Waals surface area contributed by atoms with Gasteiger partial charge in [-0.15, -0.1) is 0 Å². The highest BCUT2D eigenvalue weighted by molar-refractivity contribution is 6.77. The Kier molecular flexibility index (Phi) is 12.8. The Balaban J connectivity index is 1.31. The molecule has 0 unspecified atom stereocenters. The SMILES string of the molecule is COc1ccc(C(OC[C@H]2O[C@@H](n3cnc4c(NC(=O)c5ccccc5)ncnc43)[C@H](O[Si](C(C)C)(C(C)C)C(C)C)[C@H]2O)(c2ccccc2)c2ccc(OC)cc2)cc1. The summed E-state index contributed by atoms with van der Waals surface area (Å²) in [5.74, 6) is 1.35. The molecule has 4 atom stereocenters. The van der Waals surface area contributed by atoms with Crippen LogP contribution in [0.15, 0.2) is 122 Å². The molecule has 314 valence electrons. The smallest absolute Gasteiger partial charge is 0.256 e. The molecule has 3 heterocycles. The molecule has 4 aromatic carbocycles. The highest BCUT2D eigenvalue weighted by atomic mass is 28.4. The van der Waals surface area contributed by atoms with Crippen LogP contribution in [0.25, 0.3) is 11.2 Å². The van der Waals surface area contributed by atoms with Gasteiger partial charge in [-0.25, -0.2) is 15.0 Å². The Morgan fingerprint density at radius 3 is 1.83 bits per heavy atom. The molecule has 1 amide bonds. The lowest BCUT2D eigenvalue weighted by Gasteiger charge is -2.45. The van der Waals surface area contributed by atoms with E-state index in [1.54, 1.807) is 49.4 Å². The van der Waals surface area contributed by atoms with E-state index in [0.29, 0.717) is 28.2 Å². The standard InChI is InChI=1S/C47H55N5O7Si/c1-30(2)60(31(3)4,32(5)6)59-42-41(53)39(58-46(42)52-29-50-40-43(48-28-49-44(40)52)51-45(54)33-15-11-9-12-16-33)27-57-47(34-17-13-10-14-18-34,35-19-23-37(55-7)24-20-35)36-21-25-38(56-8)26-22-36/h9-26,28-32,39,41-42,46,53H,27H2,1-8H3,(H,48,49,51,54)/t39-,41+,42-,46-/m1/s1. The zero-order valence-electron chi connectivity index (χ0n) is 35.5. The summed E-state index contributed by atoms with van der Waals surface area (Å²) in [7, 11) is 0.657. The number of fused-ring (bicyclic) bond motifs is 1. The lowest BCUT2D eigenvalue weighted by Crippen LogP contribution is -2.53. The Labute approximate surface area is 353 Å². The molecule has 12 nitrogen and oxygen atoms in total. The molecule has 1 saturated heterocycles. The van der Waals surface area contributed by atoms with Gasteiger partial charge in [0, 0.05) is 5.56 Å². The number of methoxy groups -OCH3 is 2. The van der Waals surface area contributed by atoms with Gasteiger partial charge in [0.15, 0.2) is 23.2 Å². The molecule has 1 fully saturated rings. The van der Waals surface area contributed by atoms with Gasteiger partial charge in [0.1, 0.15) is 41.7 Å². The first-order valence-corrected chi connectivity index (χ1v) is 22.6. The van der Waals surface area contributed by atoms with E-state index in [4.69, 9.17) is 28.4 Å². The van der Waals surface area contributed by atoms with Crippen LogP contribution < -0.4 is 14.8 Å². The van der Waals surface area contributed by atoms with Gasteiger partial charge < -0.3 is 33.8 Å². The molecule has 13 heteroatoms. The van der Waals surface area contributed by atoms with Crippen molar-refractivity contribution in [2.24, 2.45) is 0 Å². The van der Waals surface area contributed by atoms with Crippen molar-refractivity contribution in [3.8, 4) is 11.5 Å². The minimum Gasteiger partial charge on any atom is -0.497 e. The molecule has 60 heavy (non-hydrogen) atoms. The second-order valence-electron chi connectivity index (χ2n) is 16.1. The van der Waals surface area contributed by atoms with E-state index in [-0.39, 0.29) is 35.0 Å². The number of amides is 1. The third-order valence-corrected chi connectivity index (χ3v) is 18.0. The summed E-state index contributed by atoms with van der Waals surface area (Å²) in [6.45, 7) is 13.2. The minimum atomic E-state index is -2.62. The molecule has 0 saturated carbocycles. The van der Waals surface area contributed by atoms with E-state index < -0.39 is 38.5 Å². The Morgan fingerprint density at radius 1 is 0.767 bits per heavy atom. The summed E-state index contributed by atoms with van der Waals surface area (Å²) in [6.07, 6.45) is -0.649. The van der Waals surface area contributed by atoms with Crippen molar-refractivity contribution in [2.45, 2.75) is 88.3 Å². The van der Waals surface area contributed by atoms with Gasteiger partial charge in [-0.05, 0) is 69.7 Å². The maximum Gasteiger partial charge on any atom is 0.256 e. The van der Waals surface area contributed by atoms with E-state index in [1.807, 2.05) is 84.9 Å².